The van der Waals surface area contributed by atoms with Crippen LogP contribution in [0.1, 0.15) is 90.6 Å². The smallest absolute Gasteiger partial charge is 0.470 e. The van der Waals surface area contributed by atoms with E-state index in [1.54, 1.807) is 48.5 Å². The average molecular weight is 984 g/mol. The summed E-state index contributed by atoms with van der Waals surface area (Å²) in [6.07, 6.45) is 4.30. The quantitative estimate of drug-likeness (QED) is 0.0323. The van der Waals surface area contributed by atoms with Crippen molar-refractivity contribution in [2.24, 2.45) is 23.7 Å². The van der Waals surface area contributed by atoms with Crippen molar-refractivity contribution >= 4 is 43.3 Å². The lowest BCUT2D eigenvalue weighted by molar-refractivity contribution is -0.614. The lowest BCUT2D eigenvalue weighted by atomic mass is 9.85. The Hall–Kier alpha value is -5.73. The van der Waals surface area contributed by atoms with Gasteiger partial charge in [0.25, 0.3) is 0 Å². The molecular formula is C47H70N9O12P. The van der Waals surface area contributed by atoms with Gasteiger partial charge in [-0.2, -0.15) is 4.73 Å². The molecular weight excluding hydrogens is 914 g/mol. The monoisotopic (exact) mass is 983 g/mol. The molecule has 0 bridgehead atoms. The molecule has 69 heavy (non-hydrogen) atoms. The number of nitrogens with zero attached hydrogens (tertiary/aromatic N) is 4. The van der Waals surface area contributed by atoms with Crippen LogP contribution in [-0.2, 0) is 57.2 Å². The number of hydrogen-bond acceptors (Lipinski definition) is 11. The van der Waals surface area contributed by atoms with Gasteiger partial charge < -0.3 is 56.2 Å². The zero-order valence-electron chi connectivity index (χ0n) is 40.4. The number of phosphoric ester groups is 1. The maximum absolute atomic E-state index is 14.7. The molecule has 0 radical (unpaired) electrons. The number of aliphatic hydroxyl groups is 1. The van der Waals surface area contributed by atoms with Crippen LogP contribution in [0.3, 0.4) is 0 Å². The molecule has 0 spiro atoms. The van der Waals surface area contributed by atoms with Gasteiger partial charge in [-0.15, -0.1) is 0 Å². The van der Waals surface area contributed by atoms with Crippen LogP contribution in [0.5, 0.6) is 0 Å². The maximum atomic E-state index is 14.7. The van der Waals surface area contributed by atoms with Crippen LogP contribution in [0.2, 0.25) is 0 Å². The number of carbonyl (C=O) groups is 6. The molecule has 8 atom stereocenters. The predicted molar refractivity (Wildman–Crippen MR) is 253 cm³/mol. The number of pyridine rings is 1. The molecule has 1 aromatic carbocycles. The Kier molecular flexibility index (Phi) is 21.3. The van der Waals surface area contributed by atoms with E-state index in [4.69, 9.17) is 9.79 Å². The first-order valence-corrected chi connectivity index (χ1v) is 24.9. The third kappa shape index (κ3) is 17.0. The Morgan fingerprint density at radius 1 is 0.957 bits per heavy atom. The minimum absolute atomic E-state index is 0.00378. The zero-order chi connectivity index (χ0) is 51.0. The van der Waals surface area contributed by atoms with E-state index in [0.717, 1.165) is 4.90 Å². The van der Waals surface area contributed by atoms with Crippen LogP contribution < -0.4 is 26.0 Å². The molecule has 21 nitrogen and oxygen atoms in total. The van der Waals surface area contributed by atoms with Crippen molar-refractivity contribution < 1.29 is 57.5 Å². The van der Waals surface area contributed by atoms with Crippen molar-refractivity contribution in [3.05, 3.63) is 89.4 Å². The van der Waals surface area contributed by atoms with Gasteiger partial charge in [-0.25, -0.2) is 9.55 Å². The van der Waals surface area contributed by atoms with Gasteiger partial charge in [0.15, 0.2) is 6.20 Å². The topological polar surface area (TPSA) is 300 Å². The van der Waals surface area contributed by atoms with Crippen molar-refractivity contribution in [2.45, 2.75) is 129 Å². The number of aromatic amines is 1. The maximum Gasteiger partial charge on any atom is 0.470 e. The lowest BCUT2D eigenvalue weighted by Crippen LogP contribution is -2.59. The molecule has 1 fully saturated rings. The van der Waals surface area contributed by atoms with Gasteiger partial charge in [0, 0.05) is 56.4 Å². The van der Waals surface area contributed by atoms with E-state index in [1.165, 1.54) is 30.7 Å². The van der Waals surface area contributed by atoms with E-state index in [0.29, 0.717) is 34.5 Å². The fourth-order valence-electron chi connectivity index (χ4n) is 8.34. The van der Waals surface area contributed by atoms with Gasteiger partial charge in [-0.05, 0) is 55.1 Å². The fourth-order valence-corrected chi connectivity index (χ4v) is 8.62. The molecule has 3 heterocycles. The van der Waals surface area contributed by atoms with Gasteiger partial charge >= 0.3 is 7.82 Å². The van der Waals surface area contributed by atoms with Crippen molar-refractivity contribution in [2.75, 3.05) is 20.2 Å². The molecule has 8 unspecified atom stereocenters. The Morgan fingerprint density at radius 2 is 1.65 bits per heavy atom. The minimum atomic E-state index is -4.97. The second-order valence-corrected chi connectivity index (χ2v) is 19.8. The highest BCUT2D eigenvalue weighted by atomic mass is 31.2. The number of imidazole rings is 1. The number of carbonyl (C=O) groups excluding carboxylic acids is 6. The van der Waals surface area contributed by atoms with Crippen molar-refractivity contribution in [1.82, 2.24) is 41.0 Å². The Balaban J connectivity index is 1.56. The van der Waals surface area contributed by atoms with Crippen LogP contribution in [0, 0.1) is 28.9 Å². The zero-order valence-corrected chi connectivity index (χ0v) is 41.3. The number of nitrogens with one attached hydrogen (secondary N) is 5. The first-order valence-electron chi connectivity index (χ1n) is 23.4. The molecule has 8 N–H and O–H groups in total. The van der Waals surface area contributed by atoms with Crippen LogP contribution >= 0.6 is 7.82 Å². The van der Waals surface area contributed by atoms with Crippen LogP contribution in [0.25, 0.3) is 0 Å². The Bertz CT molecular complexity index is 2210. The molecule has 1 aliphatic heterocycles. The van der Waals surface area contributed by atoms with E-state index >= 15 is 0 Å². The third-order valence-electron chi connectivity index (χ3n) is 12.5. The second kappa shape index (κ2) is 26.3. The first-order chi connectivity index (χ1) is 32.6. The summed E-state index contributed by atoms with van der Waals surface area (Å²) in [6, 6.07) is 8.29. The fraction of sp³-hybridized carbons (Fsp3) is 0.574. The van der Waals surface area contributed by atoms with Crippen molar-refractivity contribution in [3.8, 4) is 0 Å². The standard InChI is InChI=1S/C47H70N9O12P/c1-8-31(6)42(46(62)49-26-34-17-12-13-20-56(34)64)53-43(59)35(30(4)5)24-40(57)36(21-29(2)3)51-45(61)39(23-33-25-48-28-50-33)54(7)47(63)37(22-32-15-10-9-11-16-32)52-44(60)38-18-14-19-55(38)41(58)27-68-69(65,66)67/h9-13,15-17,20,25,28-31,35-40,42,57H,8,14,18-19,21-24,26-27H2,1-7H3,(H,48,50)(H,49,62)(H,51,61)(H,52,60)(H,53,59)(H2,65,66,67). The Morgan fingerprint density at radius 3 is 2.26 bits per heavy atom. The average Bonchev–Trinajstić information content (AvgIpc) is 4.02. The molecule has 380 valence electrons. The highest BCUT2D eigenvalue weighted by Crippen LogP contribution is 2.36. The summed E-state index contributed by atoms with van der Waals surface area (Å²) >= 11 is 0. The number of aliphatic hydroxyl groups excluding tert-OH is 1. The molecule has 1 aliphatic rings. The molecule has 4 rings (SSSR count). The molecule has 0 saturated carbocycles. The number of rotatable bonds is 26. The van der Waals surface area contributed by atoms with Crippen LogP contribution in [0.4, 0.5) is 0 Å². The summed E-state index contributed by atoms with van der Waals surface area (Å²) in [5.74, 6) is -5.17. The summed E-state index contributed by atoms with van der Waals surface area (Å²) in [6.45, 7) is 10.3. The Labute approximate surface area is 403 Å². The van der Waals surface area contributed by atoms with E-state index < -0.39 is 92.1 Å². The number of likely N-dealkylation sites (tertiary alicyclic amines) is 1. The SMILES string of the molecule is CCC(C)C(NC(=O)C(CC(O)C(CC(C)C)NC(=O)C(Cc1cnc[nH]1)N(C)C(=O)C(Cc1ccccc1)NC(=O)C1CCCN1C(=O)COP(=O)(O)O)C(C)C)C(=O)NCc1cccc[n+]1[O-]. The predicted octanol–water partition coefficient (Wildman–Crippen LogP) is 1.64. The number of amides is 6. The number of hydrogen-bond donors (Lipinski definition) is 8. The summed E-state index contributed by atoms with van der Waals surface area (Å²) < 4.78 is 16.3. The molecule has 2 aromatic heterocycles. The minimum Gasteiger partial charge on any atom is -0.618 e. The normalized spacial score (nSPS) is 17.0. The van der Waals surface area contributed by atoms with Crippen molar-refractivity contribution in [3.63, 3.8) is 0 Å². The van der Waals surface area contributed by atoms with Gasteiger partial charge in [0.2, 0.25) is 41.1 Å². The van der Waals surface area contributed by atoms with E-state index in [9.17, 15) is 43.6 Å². The highest BCUT2D eigenvalue weighted by Gasteiger charge is 2.40. The molecule has 3 aromatic rings. The third-order valence-corrected chi connectivity index (χ3v) is 13.0. The van der Waals surface area contributed by atoms with Crippen LogP contribution in [-0.4, -0.2) is 127 Å². The summed E-state index contributed by atoms with van der Waals surface area (Å²) in [5, 5.41) is 35.6. The number of aromatic nitrogens is 3. The van der Waals surface area contributed by atoms with Gasteiger partial charge in [-0.1, -0.05) is 78.3 Å². The summed E-state index contributed by atoms with van der Waals surface area (Å²) in [5.41, 5.74) is 1.50. The van der Waals surface area contributed by atoms with Crippen molar-refractivity contribution in [1.29, 1.82) is 0 Å². The molecule has 1 saturated heterocycles. The number of H-pyrrole nitrogens is 1. The van der Waals surface area contributed by atoms with Gasteiger partial charge in [0.1, 0.15) is 37.3 Å². The molecule has 6 amide bonds. The number of phosphoric acid groups is 1. The second-order valence-electron chi connectivity index (χ2n) is 18.5. The molecule has 22 heteroatoms. The molecule has 0 aliphatic carbocycles. The van der Waals surface area contributed by atoms with Crippen LogP contribution in [0.15, 0.2) is 67.3 Å². The van der Waals surface area contributed by atoms with Gasteiger partial charge in [0.05, 0.1) is 18.5 Å². The van der Waals surface area contributed by atoms with Gasteiger partial charge in [-0.3, -0.25) is 33.3 Å². The highest BCUT2D eigenvalue weighted by molar-refractivity contribution is 7.46. The number of benzene rings is 1. The lowest BCUT2D eigenvalue weighted by Gasteiger charge is -2.35. The largest absolute Gasteiger partial charge is 0.618 e. The number of likely N-dealkylation sites (N-methyl/N-ethyl adjacent to an activating group) is 1. The van der Waals surface area contributed by atoms with E-state index in [-0.39, 0.29) is 62.9 Å². The van der Waals surface area contributed by atoms with E-state index in [2.05, 4.69) is 35.8 Å². The summed E-state index contributed by atoms with van der Waals surface area (Å²) in [7, 11) is -3.55. The van der Waals surface area contributed by atoms with E-state index in [1.807, 2.05) is 41.5 Å². The first kappa shape index (κ1) is 55.9. The summed E-state index contributed by atoms with van der Waals surface area (Å²) in [4.78, 5) is 112.